The van der Waals surface area contributed by atoms with Gasteiger partial charge in [0.05, 0.1) is 16.9 Å². The molecule has 3 aliphatic heterocycles. The van der Waals surface area contributed by atoms with Gasteiger partial charge in [0.1, 0.15) is 11.5 Å². The molecule has 1 spiro atoms. The number of fused-ring (bicyclic) bond motifs is 6. The molecule has 0 aliphatic carbocycles. The third-order valence-electron chi connectivity index (χ3n) is 8.40. The summed E-state index contributed by atoms with van der Waals surface area (Å²) in [6.45, 7) is 0. The Balaban J connectivity index is 1.51. The molecule has 0 radical (unpaired) electrons. The van der Waals surface area contributed by atoms with E-state index in [2.05, 4.69) is 10.3 Å². The van der Waals surface area contributed by atoms with Gasteiger partial charge in [0.2, 0.25) is 5.91 Å². The molecular weight excluding hydrogens is 520 g/mol. The van der Waals surface area contributed by atoms with Gasteiger partial charge in [-0.2, -0.15) is 0 Å². The Kier molecular flexibility index (Phi) is 5.43. The van der Waals surface area contributed by atoms with Gasteiger partial charge in [0.15, 0.2) is 11.6 Å². The van der Waals surface area contributed by atoms with E-state index in [1.165, 1.54) is 30.5 Å². The summed E-state index contributed by atoms with van der Waals surface area (Å²) in [6, 6.07) is 21.7. The molecule has 1 amide bonds. The van der Waals surface area contributed by atoms with E-state index in [1.54, 1.807) is 24.4 Å². The summed E-state index contributed by atoms with van der Waals surface area (Å²) in [5.41, 5.74) is 1.71. The predicted molar refractivity (Wildman–Crippen MR) is 152 cm³/mol. The van der Waals surface area contributed by atoms with Crippen molar-refractivity contribution in [3.63, 3.8) is 0 Å². The number of nitro groups is 1. The quantitative estimate of drug-likeness (QED) is 0.217. The van der Waals surface area contributed by atoms with Crippen LogP contribution in [0, 0.1) is 16.0 Å². The van der Waals surface area contributed by atoms with Crippen molar-refractivity contribution >= 4 is 40.6 Å². The SMILES string of the molecule is O=C(c1ccc([N+](=O)[O-])cc1)[C@@H]1[C@@H](C(=O)c2cccnc2)[C@]2(C(=O)Nc3ccccc32)[C@H]2C=Cc3ccccc3N12. The van der Waals surface area contributed by atoms with Crippen LogP contribution in [0.2, 0.25) is 0 Å². The number of anilines is 2. The molecule has 3 aromatic carbocycles. The third kappa shape index (κ3) is 3.42. The maximum Gasteiger partial charge on any atom is 0.269 e. The van der Waals surface area contributed by atoms with Crippen LogP contribution in [0.25, 0.3) is 6.08 Å². The molecule has 41 heavy (non-hydrogen) atoms. The summed E-state index contributed by atoms with van der Waals surface area (Å²) in [4.78, 5) is 60.2. The van der Waals surface area contributed by atoms with Gasteiger partial charge < -0.3 is 10.2 Å². The number of nitro benzene ring substituents is 1. The molecule has 9 heteroatoms. The summed E-state index contributed by atoms with van der Waals surface area (Å²) in [5, 5.41) is 14.3. The van der Waals surface area contributed by atoms with Crippen molar-refractivity contribution in [3.05, 3.63) is 136 Å². The Bertz CT molecular complexity index is 1790. The van der Waals surface area contributed by atoms with E-state index in [4.69, 9.17) is 0 Å². The number of amides is 1. The van der Waals surface area contributed by atoms with E-state index in [9.17, 15) is 24.5 Å². The van der Waals surface area contributed by atoms with Crippen LogP contribution in [0.4, 0.5) is 17.1 Å². The Morgan fingerprint density at radius 2 is 1.66 bits per heavy atom. The average molecular weight is 543 g/mol. The Morgan fingerprint density at radius 3 is 2.41 bits per heavy atom. The van der Waals surface area contributed by atoms with Gasteiger partial charge in [-0.3, -0.25) is 29.5 Å². The van der Waals surface area contributed by atoms with Crippen molar-refractivity contribution in [3.8, 4) is 0 Å². The number of pyridine rings is 1. The molecule has 9 nitrogen and oxygen atoms in total. The first kappa shape index (κ1) is 24.6. The van der Waals surface area contributed by atoms with E-state index >= 15 is 0 Å². The number of para-hydroxylation sites is 2. The van der Waals surface area contributed by atoms with Crippen LogP contribution in [0.1, 0.15) is 31.8 Å². The Morgan fingerprint density at radius 1 is 0.902 bits per heavy atom. The van der Waals surface area contributed by atoms with Gasteiger partial charge in [-0.25, -0.2) is 0 Å². The topological polar surface area (TPSA) is 123 Å². The fourth-order valence-electron chi connectivity index (χ4n) is 6.73. The molecule has 1 fully saturated rings. The maximum absolute atomic E-state index is 14.6. The molecule has 200 valence electrons. The van der Waals surface area contributed by atoms with Crippen molar-refractivity contribution < 1.29 is 19.3 Å². The molecule has 3 aliphatic rings. The number of benzene rings is 3. The van der Waals surface area contributed by atoms with Gasteiger partial charge in [-0.1, -0.05) is 48.6 Å². The lowest BCUT2D eigenvalue weighted by Crippen LogP contribution is -2.51. The molecule has 0 unspecified atom stereocenters. The minimum atomic E-state index is -1.44. The standard InChI is InChI=1S/C32H22N4O5/c37-29(21-7-5-17-33-18-21)27-28(30(38)20-11-14-22(15-12-20)36(40)41)35-25-10-4-1-6-19(25)13-16-26(35)32(27)23-8-2-3-9-24(23)34-31(32)39/h1-18,26-28H,(H,34,39)/t26-,27+,28+,32-/m1/s1. The van der Waals surface area contributed by atoms with Crippen molar-refractivity contribution in [1.29, 1.82) is 0 Å². The van der Waals surface area contributed by atoms with Crippen molar-refractivity contribution in [2.45, 2.75) is 17.5 Å². The van der Waals surface area contributed by atoms with E-state index in [-0.39, 0.29) is 28.5 Å². The van der Waals surface area contributed by atoms with Crippen LogP contribution >= 0.6 is 0 Å². The maximum atomic E-state index is 14.6. The number of hydrogen-bond acceptors (Lipinski definition) is 7. The molecule has 7 rings (SSSR count). The summed E-state index contributed by atoms with van der Waals surface area (Å²) < 4.78 is 0. The molecular formula is C32H22N4O5. The highest BCUT2D eigenvalue weighted by Gasteiger charge is 2.70. The smallest absolute Gasteiger partial charge is 0.269 e. The second-order valence-electron chi connectivity index (χ2n) is 10.3. The van der Waals surface area contributed by atoms with E-state index in [1.807, 2.05) is 59.5 Å². The van der Waals surface area contributed by atoms with Gasteiger partial charge in [0.25, 0.3) is 5.69 Å². The van der Waals surface area contributed by atoms with E-state index in [0.717, 1.165) is 11.3 Å². The number of non-ortho nitro benzene ring substituents is 1. The second kappa shape index (κ2) is 9.06. The molecule has 1 N–H and O–H groups in total. The molecule has 0 bridgehead atoms. The summed E-state index contributed by atoms with van der Waals surface area (Å²) in [6.07, 6.45) is 6.83. The predicted octanol–water partition coefficient (Wildman–Crippen LogP) is 4.85. The monoisotopic (exact) mass is 542 g/mol. The number of nitrogens with zero attached hydrogens (tertiary/aromatic N) is 3. The van der Waals surface area contributed by atoms with Gasteiger partial charge in [-0.15, -0.1) is 0 Å². The highest BCUT2D eigenvalue weighted by atomic mass is 16.6. The zero-order valence-electron chi connectivity index (χ0n) is 21.5. The van der Waals surface area contributed by atoms with Crippen molar-refractivity contribution in [2.24, 2.45) is 5.92 Å². The number of ketones is 2. The van der Waals surface area contributed by atoms with Crippen molar-refractivity contribution in [1.82, 2.24) is 4.98 Å². The van der Waals surface area contributed by atoms with E-state index in [0.29, 0.717) is 11.3 Å². The molecule has 4 heterocycles. The van der Waals surface area contributed by atoms with Crippen molar-refractivity contribution in [2.75, 3.05) is 10.2 Å². The second-order valence-corrected chi connectivity index (χ2v) is 10.3. The van der Waals surface area contributed by atoms with Crippen LogP contribution < -0.4 is 10.2 Å². The Hall–Kier alpha value is -5.44. The lowest BCUT2D eigenvalue weighted by Gasteiger charge is -2.37. The highest BCUT2D eigenvalue weighted by Crippen LogP contribution is 2.58. The number of aromatic nitrogens is 1. The first-order valence-corrected chi connectivity index (χ1v) is 13.1. The summed E-state index contributed by atoms with van der Waals surface area (Å²) in [7, 11) is 0. The molecule has 4 aromatic rings. The number of carbonyl (C=O) groups is 3. The fraction of sp³-hybridized carbons (Fsp3) is 0.125. The number of Topliss-reactive ketones (excluding diaryl/α,β-unsaturated/α-hetero) is 2. The zero-order chi connectivity index (χ0) is 28.3. The number of hydrogen-bond donors (Lipinski definition) is 1. The average Bonchev–Trinajstić information content (AvgIpc) is 3.49. The van der Waals surface area contributed by atoms with Gasteiger partial charge >= 0.3 is 0 Å². The first-order chi connectivity index (χ1) is 19.9. The van der Waals surface area contributed by atoms with Crippen LogP contribution in [0.15, 0.2) is 103 Å². The lowest BCUT2D eigenvalue weighted by molar-refractivity contribution is -0.384. The summed E-state index contributed by atoms with van der Waals surface area (Å²) >= 11 is 0. The lowest BCUT2D eigenvalue weighted by atomic mass is 9.64. The normalized spacial score (nSPS) is 23.5. The highest BCUT2D eigenvalue weighted by molar-refractivity contribution is 6.18. The number of rotatable bonds is 5. The molecule has 1 saturated heterocycles. The summed E-state index contributed by atoms with van der Waals surface area (Å²) in [5.74, 6) is -2.30. The minimum Gasteiger partial charge on any atom is -0.352 e. The van der Waals surface area contributed by atoms with Crippen LogP contribution in [0.3, 0.4) is 0 Å². The van der Waals surface area contributed by atoms with Gasteiger partial charge in [-0.05, 0) is 47.5 Å². The first-order valence-electron chi connectivity index (χ1n) is 13.1. The molecule has 4 atom stereocenters. The zero-order valence-corrected chi connectivity index (χ0v) is 21.5. The Labute approximate surface area is 234 Å². The molecule has 1 aromatic heterocycles. The third-order valence-corrected chi connectivity index (χ3v) is 8.40. The van der Waals surface area contributed by atoms with E-state index < -0.39 is 34.1 Å². The van der Waals surface area contributed by atoms with Crippen LogP contribution in [-0.2, 0) is 10.2 Å². The van der Waals surface area contributed by atoms with Gasteiger partial charge in [0, 0.05) is 47.0 Å². The van der Waals surface area contributed by atoms with Crippen LogP contribution in [-0.4, -0.2) is 39.5 Å². The van der Waals surface area contributed by atoms with Crippen LogP contribution in [0.5, 0.6) is 0 Å². The molecule has 0 saturated carbocycles. The fourth-order valence-corrected chi connectivity index (χ4v) is 6.73. The largest absolute Gasteiger partial charge is 0.352 e. The number of nitrogens with one attached hydrogen (secondary N) is 1. The minimum absolute atomic E-state index is 0.152. The number of carbonyl (C=O) groups excluding carboxylic acids is 3.